The first-order chi connectivity index (χ1) is 4.31. The lowest BCUT2D eigenvalue weighted by atomic mass is 10.2. The summed E-state index contributed by atoms with van der Waals surface area (Å²) in [5.41, 5.74) is 2.58. The number of rotatable bonds is 3. The minimum absolute atomic E-state index is 0.207. The molecule has 0 aromatic rings. The van der Waals surface area contributed by atoms with E-state index in [9.17, 15) is 0 Å². The number of aliphatic hydroxyl groups is 1. The van der Waals surface area contributed by atoms with Crippen molar-refractivity contribution >= 4 is 11.6 Å². The summed E-state index contributed by atoms with van der Waals surface area (Å²) in [6.07, 6.45) is 4.34. The number of allylic oxidation sites excluding steroid dienone is 2. The van der Waals surface area contributed by atoms with E-state index in [4.69, 9.17) is 16.7 Å². The van der Waals surface area contributed by atoms with E-state index in [-0.39, 0.29) is 6.61 Å². The van der Waals surface area contributed by atoms with Crippen molar-refractivity contribution in [3.8, 4) is 0 Å². The first kappa shape index (κ1) is 8.73. The molecule has 0 aliphatic rings. The molecule has 1 nitrogen and oxygen atoms in total. The van der Waals surface area contributed by atoms with Crippen molar-refractivity contribution in [3.05, 3.63) is 23.3 Å². The van der Waals surface area contributed by atoms with Gasteiger partial charge in [-0.3, -0.25) is 0 Å². The lowest BCUT2D eigenvalue weighted by molar-refractivity contribution is 0.299. The van der Waals surface area contributed by atoms with Crippen LogP contribution in [0, 0.1) is 0 Å². The van der Waals surface area contributed by atoms with E-state index in [1.807, 2.05) is 13.0 Å². The third-order valence-electron chi connectivity index (χ3n) is 0.960. The number of aliphatic hydroxyl groups excluding tert-OH is 1. The van der Waals surface area contributed by atoms with Crippen molar-refractivity contribution in [2.45, 2.75) is 13.3 Å². The van der Waals surface area contributed by atoms with Crippen LogP contribution in [0.25, 0.3) is 0 Å². The Balaban J connectivity index is 3.55. The van der Waals surface area contributed by atoms with Gasteiger partial charge in [0.2, 0.25) is 0 Å². The molecule has 0 aromatic heterocycles. The number of hydrogen-bond donors (Lipinski definition) is 1. The minimum Gasteiger partial charge on any atom is -0.396 e. The summed E-state index contributed by atoms with van der Waals surface area (Å²) in [6.45, 7) is 2.16. The molecule has 9 heavy (non-hydrogen) atoms. The predicted octanol–water partition coefficient (Wildman–Crippen LogP) is 2.07. The van der Waals surface area contributed by atoms with Crippen LogP contribution in [0.4, 0.5) is 0 Å². The topological polar surface area (TPSA) is 20.2 Å². The van der Waals surface area contributed by atoms with Crippen LogP contribution in [-0.4, -0.2) is 11.7 Å². The molecular weight excluding hydrogens is 136 g/mol. The molecule has 0 saturated carbocycles. The van der Waals surface area contributed by atoms with Crippen LogP contribution in [0.5, 0.6) is 0 Å². The summed E-state index contributed by atoms with van der Waals surface area (Å²) in [5.74, 6) is 0. The number of halogens is 1. The lowest BCUT2D eigenvalue weighted by Crippen LogP contribution is -1.81. The zero-order valence-corrected chi connectivity index (χ0v) is 6.23. The van der Waals surface area contributed by atoms with Crippen LogP contribution in [0.2, 0.25) is 0 Å². The second kappa shape index (κ2) is 5.86. The van der Waals surface area contributed by atoms with Gasteiger partial charge in [0.1, 0.15) is 0 Å². The number of hydrogen-bond acceptors (Lipinski definition) is 1. The van der Waals surface area contributed by atoms with Crippen LogP contribution in [0.15, 0.2) is 23.3 Å². The summed E-state index contributed by atoms with van der Waals surface area (Å²) in [6, 6.07) is 0. The summed E-state index contributed by atoms with van der Waals surface area (Å²) in [5, 5.41) is 8.44. The van der Waals surface area contributed by atoms with Gasteiger partial charge in [-0.2, -0.15) is 0 Å². The van der Waals surface area contributed by atoms with E-state index in [0.717, 1.165) is 12.0 Å². The molecular formula is C7H11ClO. The first-order valence-electron chi connectivity index (χ1n) is 2.84. The highest BCUT2D eigenvalue weighted by Gasteiger charge is 1.82. The molecule has 0 unspecified atom stereocenters. The van der Waals surface area contributed by atoms with Crippen molar-refractivity contribution in [2.24, 2.45) is 0 Å². The van der Waals surface area contributed by atoms with Crippen LogP contribution in [-0.2, 0) is 0 Å². The predicted molar refractivity (Wildman–Crippen MR) is 40.5 cm³/mol. The summed E-state index contributed by atoms with van der Waals surface area (Å²) >= 11 is 5.26. The largest absolute Gasteiger partial charge is 0.396 e. The van der Waals surface area contributed by atoms with Crippen molar-refractivity contribution in [1.82, 2.24) is 0 Å². The van der Waals surface area contributed by atoms with Gasteiger partial charge < -0.3 is 5.11 Å². The smallest absolute Gasteiger partial charge is 0.0468 e. The van der Waals surface area contributed by atoms with Crippen molar-refractivity contribution in [1.29, 1.82) is 0 Å². The Morgan fingerprint density at radius 3 is 2.78 bits per heavy atom. The fourth-order valence-corrected chi connectivity index (χ4v) is 0.533. The second-order valence-electron chi connectivity index (χ2n) is 1.81. The molecule has 0 atom stereocenters. The Labute approximate surface area is 60.6 Å². The van der Waals surface area contributed by atoms with Gasteiger partial charge in [-0.25, -0.2) is 0 Å². The van der Waals surface area contributed by atoms with Gasteiger partial charge in [-0.15, -0.1) is 0 Å². The molecule has 0 spiro atoms. The highest BCUT2D eigenvalue weighted by Crippen LogP contribution is 1.98. The van der Waals surface area contributed by atoms with Crippen LogP contribution in [0.1, 0.15) is 13.3 Å². The highest BCUT2D eigenvalue weighted by atomic mass is 35.5. The van der Waals surface area contributed by atoms with Gasteiger partial charge in [-0.1, -0.05) is 29.3 Å². The zero-order chi connectivity index (χ0) is 7.11. The van der Waals surface area contributed by atoms with E-state index < -0.39 is 0 Å². The lowest BCUT2D eigenvalue weighted by Gasteiger charge is -1.91. The molecule has 0 aromatic carbocycles. The van der Waals surface area contributed by atoms with Gasteiger partial charge >= 0.3 is 0 Å². The molecule has 52 valence electrons. The van der Waals surface area contributed by atoms with Gasteiger partial charge in [0.05, 0.1) is 0 Å². The molecule has 0 saturated heterocycles. The molecule has 0 fully saturated rings. The van der Waals surface area contributed by atoms with E-state index >= 15 is 0 Å². The van der Waals surface area contributed by atoms with Gasteiger partial charge in [0.25, 0.3) is 0 Å². The second-order valence-corrected chi connectivity index (χ2v) is 2.06. The standard InChI is InChI=1S/C7H11ClO/c1-7(4-6-9)3-2-5-8/h2-3,5,9H,4,6H2,1H3/b5-2+,7-3-. The van der Waals surface area contributed by atoms with Gasteiger partial charge in [0, 0.05) is 12.1 Å². The Morgan fingerprint density at radius 2 is 2.33 bits per heavy atom. The summed E-state index contributed by atoms with van der Waals surface area (Å²) in [7, 11) is 0. The Morgan fingerprint density at radius 1 is 1.67 bits per heavy atom. The SMILES string of the molecule is C/C(=C/C=C/Cl)CCO. The maximum Gasteiger partial charge on any atom is 0.0468 e. The quantitative estimate of drug-likeness (QED) is 0.605. The van der Waals surface area contributed by atoms with Crippen molar-refractivity contribution in [2.75, 3.05) is 6.61 Å². The van der Waals surface area contributed by atoms with E-state index in [0.29, 0.717) is 0 Å². The molecule has 1 N–H and O–H groups in total. The highest BCUT2D eigenvalue weighted by molar-refractivity contribution is 6.25. The van der Waals surface area contributed by atoms with E-state index in [1.165, 1.54) is 5.54 Å². The maximum absolute atomic E-state index is 8.44. The molecule has 0 radical (unpaired) electrons. The third kappa shape index (κ3) is 5.60. The van der Waals surface area contributed by atoms with Crippen LogP contribution in [0.3, 0.4) is 0 Å². The first-order valence-corrected chi connectivity index (χ1v) is 3.28. The van der Waals surface area contributed by atoms with Crippen LogP contribution >= 0.6 is 11.6 Å². The maximum atomic E-state index is 8.44. The molecule has 0 rings (SSSR count). The molecule has 0 amide bonds. The molecule has 0 aliphatic heterocycles. The van der Waals surface area contributed by atoms with Crippen LogP contribution < -0.4 is 0 Å². The zero-order valence-electron chi connectivity index (χ0n) is 5.47. The Bertz CT molecular complexity index is 116. The minimum atomic E-state index is 0.207. The monoisotopic (exact) mass is 146 g/mol. The molecule has 0 heterocycles. The Kier molecular flexibility index (Phi) is 5.68. The fraction of sp³-hybridized carbons (Fsp3) is 0.429. The fourth-order valence-electron chi connectivity index (χ4n) is 0.460. The van der Waals surface area contributed by atoms with Gasteiger partial charge in [-0.05, 0) is 13.3 Å². The van der Waals surface area contributed by atoms with Crippen molar-refractivity contribution < 1.29 is 5.11 Å². The van der Waals surface area contributed by atoms with Crippen molar-refractivity contribution in [3.63, 3.8) is 0 Å². The normalized spacial score (nSPS) is 13.0. The average Bonchev–Trinajstić information content (AvgIpc) is 1.85. The third-order valence-corrected chi connectivity index (χ3v) is 1.11. The molecule has 2 heteroatoms. The molecule has 0 bridgehead atoms. The van der Waals surface area contributed by atoms with E-state index in [1.54, 1.807) is 6.08 Å². The van der Waals surface area contributed by atoms with E-state index in [2.05, 4.69) is 0 Å². The Hall–Kier alpha value is -0.270. The molecule has 0 aliphatic carbocycles. The summed E-state index contributed by atoms with van der Waals surface area (Å²) < 4.78 is 0. The summed E-state index contributed by atoms with van der Waals surface area (Å²) in [4.78, 5) is 0. The average molecular weight is 147 g/mol. The van der Waals surface area contributed by atoms with Gasteiger partial charge in [0.15, 0.2) is 0 Å².